The van der Waals surface area contributed by atoms with Crippen LogP contribution in [0.1, 0.15) is 207 Å². The van der Waals surface area contributed by atoms with Crippen LogP contribution < -0.4 is 16.0 Å². The fourth-order valence-corrected chi connectivity index (χ4v) is 18.9. The summed E-state index contributed by atoms with van der Waals surface area (Å²) in [4.78, 5) is 194. The first kappa shape index (κ1) is 90.6. The topological polar surface area (TPSA) is 279 Å². The van der Waals surface area contributed by atoms with E-state index in [1.54, 1.807) is 13.8 Å². The molecule has 0 aromatic heterocycles. The Hall–Kier alpha value is -6.96. The van der Waals surface area contributed by atoms with Crippen LogP contribution in [0.15, 0.2) is 0 Å². The normalized spacial score (nSPS) is 33.2. The number of nitrogens with one attached hydrogen (secondary N) is 3. The molecular weight excluding hydrogens is 1480 g/mol. The maximum absolute atomic E-state index is 15.7. The largest absolute Gasteiger partial charge is 0.397 e. The van der Waals surface area contributed by atoms with Gasteiger partial charge in [-0.1, -0.05) is 72.1 Å². The van der Waals surface area contributed by atoms with Crippen LogP contribution >= 0.6 is 0 Å². The minimum absolute atomic E-state index is 0.0110. The lowest BCUT2D eigenvalue weighted by Crippen LogP contribution is -2.68. The van der Waals surface area contributed by atoms with Crippen molar-refractivity contribution >= 4 is 70.9 Å². The van der Waals surface area contributed by atoms with Gasteiger partial charge in [-0.3, -0.25) is 57.5 Å². The molecule has 0 aromatic rings. The molecule has 5 saturated carbocycles. The molecule has 3 N–H and O–H groups in total. The molecule has 4 unspecified atom stereocenters. The fourth-order valence-electron chi connectivity index (χ4n) is 18.9. The van der Waals surface area contributed by atoms with Gasteiger partial charge in [0.25, 0.3) is 0 Å². The minimum Gasteiger partial charge on any atom is -0.377 e. The molecule has 5 aliphatic carbocycles. The number of alkyl halides is 8. The van der Waals surface area contributed by atoms with Crippen molar-refractivity contribution in [3.8, 4) is 0 Å². The average molecular weight is 1600 g/mol. The van der Waals surface area contributed by atoms with Gasteiger partial charge in [0.2, 0.25) is 70.9 Å². The lowest BCUT2D eigenvalue weighted by molar-refractivity contribution is -0.219. The zero-order valence-electron chi connectivity index (χ0n) is 67.7. The Kier molecular flexibility index (Phi) is 31.6. The maximum Gasteiger partial charge on any atom is 0.397 e. The number of carbonyl (C=O) groups excluding carboxylic acids is 12. The van der Waals surface area contributed by atoms with E-state index in [-0.39, 0.29) is 102 Å². The molecule has 33 heteroatoms. The lowest BCUT2D eigenvalue weighted by Gasteiger charge is -2.46. The highest BCUT2D eigenvalue weighted by Gasteiger charge is 2.56. The predicted molar refractivity (Wildman–Crippen MR) is 397 cm³/mol. The summed E-state index contributed by atoms with van der Waals surface area (Å²) in [5.41, 5.74) is -1.69. The van der Waals surface area contributed by atoms with Gasteiger partial charge < -0.3 is 64.8 Å². The van der Waals surface area contributed by atoms with Gasteiger partial charge in [0.15, 0.2) is 0 Å². The summed E-state index contributed by atoms with van der Waals surface area (Å²) in [5, 5.41) is 8.55. The standard InChI is InChI=1S/C79H124F8N12O13/c1-13-47(4)66-74(109)93(8)45-64(102)94(9)57-26-16-15-19-35-98(73(57)108)61(39-48-27-30-52(31-28-48)78(82,83)84)72(107)92(7)44-62(100)88-56(32-29-50-37-54(80)65(55(81)38-50)79(85,86)87)70(105)99-43-53(112-14-2)41-59(99)69(104)90-77(33-21-34-77)76(111)97(12)67(51-24-17-18-25-51)75(110)96(11)60(71(106)91(5)6)42-63(101)95(10)58(68(103)89-66)40-49-23-20-22-46(3)36-49/h46-61,65-67H,13-45H2,1-12H3,(H,88,100)(H,89,103)(H,90,104)/t46?,47-,48?,49?,50?,52?,53+,54?,55?,56-,57-,58-,59-,60-,61-,65?,66-,67-/m0/s1. The van der Waals surface area contributed by atoms with E-state index in [0.29, 0.717) is 57.8 Å². The van der Waals surface area contributed by atoms with Crippen LogP contribution in [0, 0.1) is 47.3 Å². The van der Waals surface area contributed by atoms with E-state index in [2.05, 4.69) is 22.9 Å². The number of carbonyl (C=O) groups is 12. The summed E-state index contributed by atoms with van der Waals surface area (Å²) in [5.74, 6) is -16.2. The third-order valence-electron chi connectivity index (χ3n) is 26.1. The van der Waals surface area contributed by atoms with E-state index in [4.69, 9.17) is 4.74 Å². The van der Waals surface area contributed by atoms with Crippen molar-refractivity contribution in [2.75, 3.05) is 89.2 Å². The Labute approximate surface area is 654 Å². The highest BCUT2D eigenvalue weighted by Crippen LogP contribution is 2.46. The summed E-state index contributed by atoms with van der Waals surface area (Å²) >= 11 is 0. The van der Waals surface area contributed by atoms with Crippen molar-refractivity contribution in [2.24, 2.45) is 47.3 Å². The zero-order valence-corrected chi connectivity index (χ0v) is 67.7. The SMILES string of the molecule is CCO[C@@H]1C[C@H]2C(=O)NC3(CCC3)C(=O)N(C)[C@@H](C3CCCC3)C(=O)N(C)[C@H](C(=O)N(C)C)CC(=O)N(C)[C@@H](CC3CCCC(C)C3)C(=O)N[C@@H]([C@@H](C)CC)C(=O)N(C)CC(=O)N(C)[C@H]3CCCCCN(C3=O)[C@@H](CC3CCC(C(F)(F)F)CC3)C(=O)N(C)CC(=O)N[C@@H](CCC3CC(F)C(C(F)(F)F)C(F)C3)C(=O)N2C1. The fraction of sp³-hybridized carbons (Fsp3) is 0.848. The van der Waals surface area contributed by atoms with Crippen molar-refractivity contribution in [1.29, 1.82) is 0 Å². The number of fused-ring (bicyclic) bond motifs is 3. The molecule has 2 bridgehead atoms. The number of hydrogen-bond donors (Lipinski definition) is 3. The molecule has 8 fully saturated rings. The molecular formula is C79H124F8N12O13. The molecule has 3 heterocycles. The van der Waals surface area contributed by atoms with Gasteiger partial charge in [-0.25, -0.2) is 8.78 Å². The molecule has 634 valence electrons. The van der Waals surface area contributed by atoms with E-state index in [1.807, 2.05) is 6.92 Å². The Balaban J connectivity index is 1.21. The van der Waals surface area contributed by atoms with Gasteiger partial charge >= 0.3 is 12.4 Å². The Bertz CT molecular complexity index is 3310. The summed E-state index contributed by atoms with van der Waals surface area (Å²) in [6.07, 6.45) is -11.7. The monoisotopic (exact) mass is 1600 g/mol. The van der Waals surface area contributed by atoms with Gasteiger partial charge in [0, 0.05) is 82.5 Å². The molecule has 14 atom stereocenters. The van der Waals surface area contributed by atoms with Crippen LogP contribution in [0.25, 0.3) is 0 Å². The van der Waals surface area contributed by atoms with Crippen LogP contribution in [0.3, 0.4) is 0 Å². The molecule has 8 rings (SSSR count). The molecule has 112 heavy (non-hydrogen) atoms. The first-order valence-electron chi connectivity index (χ1n) is 40.9. The molecule has 12 amide bonds. The van der Waals surface area contributed by atoms with Crippen molar-refractivity contribution in [3.05, 3.63) is 0 Å². The maximum atomic E-state index is 15.7. The number of likely N-dealkylation sites (N-methyl/N-ethyl adjacent to an activating group) is 7. The molecule has 0 aromatic carbocycles. The molecule has 1 spiro atoms. The second-order valence-electron chi connectivity index (χ2n) is 34.3. The van der Waals surface area contributed by atoms with E-state index in [9.17, 15) is 40.7 Å². The van der Waals surface area contributed by atoms with Crippen LogP contribution in [-0.2, 0) is 62.3 Å². The second-order valence-corrected chi connectivity index (χ2v) is 34.3. The van der Waals surface area contributed by atoms with Gasteiger partial charge in [-0.05, 0) is 158 Å². The molecule has 25 nitrogen and oxygen atoms in total. The molecule has 8 aliphatic rings. The number of ether oxygens (including phenoxy) is 1. The van der Waals surface area contributed by atoms with Gasteiger partial charge in [0.05, 0.1) is 31.5 Å². The van der Waals surface area contributed by atoms with E-state index in [1.165, 1.54) is 80.9 Å². The minimum atomic E-state index is -5.21. The van der Waals surface area contributed by atoms with E-state index < -0.39 is 230 Å². The van der Waals surface area contributed by atoms with Gasteiger partial charge in [-0.15, -0.1) is 0 Å². The Morgan fingerprint density at radius 3 is 1.79 bits per heavy atom. The predicted octanol–water partition coefficient (Wildman–Crippen LogP) is 7.75. The lowest BCUT2D eigenvalue weighted by atomic mass is 9.74. The molecule has 3 aliphatic heterocycles. The second kappa shape index (κ2) is 39.1. The number of rotatable bonds is 13. The van der Waals surface area contributed by atoms with E-state index >= 15 is 51.9 Å². The van der Waals surface area contributed by atoms with Crippen molar-refractivity contribution in [2.45, 2.75) is 292 Å². The smallest absolute Gasteiger partial charge is 0.377 e. The number of nitrogens with zero attached hydrogens (tertiary/aromatic N) is 9. The third-order valence-corrected chi connectivity index (χ3v) is 26.1. The third kappa shape index (κ3) is 22.0. The highest BCUT2D eigenvalue weighted by molar-refractivity contribution is 6.01. The number of halogens is 8. The summed E-state index contributed by atoms with van der Waals surface area (Å²) in [6, 6.07) is -11.2. The summed E-state index contributed by atoms with van der Waals surface area (Å²) in [6.45, 7) is 5.57. The van der Waals surface area contributed by atoms with E-state index in [0.717, 1.165) is 45.3 Å². The number of amides is 12. The van der Waals surface area contributed by atoms with Crippen LogP contribution in [0.5, 0.6) is 0 Å². The zero-order chi connectivity index (χ0) is 82.8. The van der Waals surface area contributed by atoms with Gasteiger partial charge in [-0.2, -0.15) is 26.3 Å². The van der Waals surface area contributed by atoms with Crippen LogP contribution in [-0.4, -0.2) is 289 Å². The Morgan fingerprint density at radius 1 is 0.580 bits per heavy atom. The summed E-state index contributed by atoms with van der Waals surface area (Å²) in [7, 11) is 11.1. The Morgan fingerprint density at radius 2 is 1.21 bits per heavy atom. The van der Waals surface area contributed by atoms with Crippen molar-refractivity contribution < 1.29 is 97.4 Å². The van der Waals surface area contributed by atoms with Gasteiger partial charge in [0.1, 0.15) is 72.1 Å². The average Bonchev–Trinajstić information content (AvgIpc) is 1.40. The quantitative estimate of drug-likeness (QED) is 0.149. The van der Waals surface area contributed by atoms with Crippen molar-refractivity contribution in [1.82, 2.24) is 60.0 Å². The molecule has 3 saturated heterocycles. The first-order valence-corrected chi connectivity index (χ1v) is 40.9. The van der Waals surface area contributed by atoms with Crippen LogP contribution in [0.4, 0.5) is 35.1 Å². The highest BCUT2D eigenvalue weighted by atomic mass is 19.4. The van der Waals surface area contributed by atoms with Crippen LogP contribution in [0.2, 0.25) is 0 Å². The molecule has 0 radical (unpaired) electrons. The van der Waals surface area contributed by atoms with Crippen molar-refractivity contribution in [3.63, 3.8) is 0 Å². The number of hydrogen-bond acceptors (Lipinski definition) is 13. The first-order chi connectivity index (χ1) is 52.6. The summed E-state index contributed by atoms with van der Waals surface area (Å²) < 4.78 is 122.